The van der Waals surface area contributed by atoms with Crippen molar-refractivity contribution in [2.24, 2.45) is 0 Å². The summed E-state index contributed by atoms with van der Waals surface area (Å²) in [6.45, 7) is 3.81. The van der Waals surface area contributed by atoms with Gasteiger partial charge in [-0.25, -0.2) is 4.79 Å². The van der Waals surface area contributed by atoms with Gasteiger partial charge < -0.3 is 14.7 Å². The summed E-state index contributed by atoms with van der Waals surface area (Å²) in [7, 11) is -2.14. The molecule has 0 saturated heterocycles. The van der Waals surface area contributed by atoms with E-state index in [0.29, 0.717) is 5.30 Å². The lowest BCUT2D eigenvalue weighted by Gasteiger charge is -2.20. The fraction of sp³-hybridized carbons (Fsp3) is 0.150. The van der Waals surface area contributed by atoms with Crippen molar-refractivity contribution in [2.75, 3.05) is 12.2 Å². The summed E-state index contributed by atoms with van der Waals surface area (Å²) in [5.41, 5.74) is 3.02. The SMILES string of the molecule is COP(=O)(Nc1cc(-c2ccc(Br)cc2)sc1C(=O)O)c1ccc(C)cc1C. The highest BCUT2D eigenvalue weighted by molar-refractivity contribution is 9.10. The number of carboxylic acid groups (broad SMARTS) is 1. The molecular formula is C20H19BrNO4PS. The number of rotatable bonds is 6. The molecule has 1 aromatic heterocycles. The molecule has 1 unspecified atom stereocenters. The number of carbonyl (C=O) groups is 1. The number of aromatic carboxylic acids is 1. The minimum Gasteiger partial charge on any atom is -0.477 e. The molecule has 0 bridgehead atoms. The number of nitrogens with one attached hydrogen (secondary N) is 1. The van der Waals surface area contributed by atoms with Gasteiger partial charge in [-0.05, 0) is 49.2 Å². The molecule has 8 heteroatoms. The summed E-state index contributed by atoms with van der Waals surface area (Å²) >= 11 is 4.52. The van der Waals surface area contributed by atoms with E-state index in [9.17, 15) is 14.5 Å². The van der Waals surface area contributed by atoms with Crippen LogP contribution in [0, 0.1) is 13.8 Å². The van der Waals surface area contributed by atoms with Gasteiger partial charge in [0.15, 0.2) is 0 Å². The van der Waals surface area contributed by atoms with Gasteiger partial charge in [-0.2, -0.15) is 0 Å². The van der Waals surface area contributed by atoms with Crippen molar-refractivity contribution >= 4 is 51.7 Å². The van der Waals surface area contributed by atoms with E-state index in [-0.39, 0.29) is 10.6 Å². The number of hydrogen-bond acceptors (Lipinski definition) is 4. The number of hydrogen-bond donors (Lipinski definition) is 2. The second kappa shape index (κ2) is 8.21. The maximum atomic E-state index is 13.5. The van der Waals surface area contributed by atoms with Crippen LogP contribution < -0.4 is 10.4 Å². The van der Waals surface area contributed by atoms with Gasteiger partial charge in [0.25, 0.3) is 0 Å². The highest BCUT2D eigenvalue weighted by Gasteiger charge is 2.29. The molecule has 0 saturated carbocycles. The summed E-state index contributed by atoms with van der Waals surface area (Å²) in [6.07, 6.45) is 0. The van der Waals surface area contributed by atoms with Crippen LogP contribution in [0.15, 0.2) is 53.0 Å². The lowest BCUT2D eigenvalue weighted by Crippen LogP contribution is -2.17. The van der Waals surface area contributed by atoms with Crippen LogP contribution in [-0.4, -0.2) is 18.2 Å². The second-order valence-corrected chi connectivity index (χ2v) is 10.4. The highest BCUT2D eigenvalue weighted by atomic mass is 79.9. The van der Waals surface area contributed by atoms with E-state index in [4.69, 9.17) is 4.52 Å². The number of carboxylic acids is 1. The molecular weight excluding hydrogens is 461 g/mol. The molecule has 0 aliphatic heterocycles. The Morgan fingerprint density at radius 2 is 1.82 bits per heavy atom. The first-order valence-electron chi connectivity index (χ1n) is 8.38. The Balaban J connectivity index is 2.05. The van der Waals surface area contributed by atoms with Crippen LogP contribution in [0.25, 0.3) is 10.4 Å². The molecule has 1 heterocycles. The zero-order valence-corrected chi connectivity index (χ0v) is 18.8. The van der Waals surface area contributed by atoms with E-state index in [1.165, 1.54) is 7.11 Å². The zero-order chi connectivity index (χ0) is 20.5. The van der Waals surface area contributed by atoms with Gasteiger partial charge in [-0.1, -0.05) is 45.8 Å². The van der Waals surface area contributed by atoms with Gasteiger partial charge in [0.2, 0.25) is 0 Å². The van der Waals surface area contributed by atoms with Crippen LogP contribution in [0.2, 0.25) is 0 Å². The standard InChI is InChI=1S/C20H19BrNO4PS/c1-12-4-9-17(13(2)10-12)27(25,26-3)22-16-11-18(28-19(16)20(23)24)14-5-7-15(21)8-6-14/h4-11H,1-3H3,(H,22,25)(H,23,24). The third-order valence-electron chi connectivity index (χ3n) is 4.25. The number of halogens is 1. The summed E-state index contributed by atoms with van der Waals surface area (Å²) in [5, 5.41) is 13.0. The lowest BCUT2D eigenvalue weighted by atomic mass is 10.2. The molecule has 1 atom stereocenters. The molecule has 0 aliphatic carbocycles. The van der Waals surface area contributed by atoms with Crippen LogP contribution in [0.1, 0.15) is 20.8 Å². The Kier molecular flexibility index (Phi) is 6.10. The molecule has 2 aromatic carbocycles. The maximum absolute atomic E-state index is 13.5. The Labute approximate surface area is 176 Å². The van der Waals surface area contributed by atoms with E-state index < -0.39 is 13.5 Å². The molecule has 5 nitrogen and oxygen atoms in total. The van der Waals surface area contributed by atoms with Crippen molar-refractivity contribution < 1.29 is 19.0 Å². The number of benzene rings is 2. The fourth-order valence-corrected chi connectivity index (χ4v) is 5.89. The van der Waals surface area contributed by atoms with Gasteiger partial charge in [-0.15, -0.1) is 11.3 Å². The Morgan fingerprint density at radius 3 is 2.39 bits per heavy atom. The smallest absolute Gasteiger partial charge is 0.348 e. The van der Waals surface area contributed by atoms with Gasteiger partial charge in [0.05, 0.1) is 11.0 Å². The topological polar surface area (TPSA) is 75.6 Å². The summed E-state index contributed by atoms with van der Waals surface area (Å²) < 4.78 is 19.8. The molecule has 0 amide bonds. The zero-order valence-electron chi connectivity index (χ0n) is 15.5. The lowest BCUT2D eigenvalue weighted by molar-refractivity contribution is 0.0703. The number of anilines is 1. The normalized spacial score (nSPS) is 13.1. The van der Waals surface area contributed by atoms with Gasteiger partial charge >= 0.3 is 13.5 Å². The Bertz CT molecular complexity index is 1080. The van der Waals surface area contributed by atoms with E-state index >= 15 is 0 Å². The molecule has 146 valence electrons. The van der Waals surface area contributed by atoms with E-state index in [2.05, 4.69) is 21.0 Å². The highest BCUT2D eigenvalue weighted by Crippen LogP contribution is 2.48. The summed E-state index contributed by atoms with van der Waals surface area (Å²) in [4.78, 5) is 12.6. The molecule has 28 heavy (non-hydrogen) atoms. The van der Waals surface area contributed by atoms with Crippen molar-refractivity contribution in [1.82, 2.24) is 0 Å². The van der Waals surface area contributed by atoms with Gasteiger partial charge in [0.1, 0.15) is 4.88 Å². The Morgan fingerprint density at radius 1 is 1.14 bits per heavy atom. The number of aryl methyl sites for hydroxylation is 2. The van der Waals surface area contributed by atoms with Crippen molar-refractivity contribution in [3.8, 4) is 10.4 Å². The average Bonchev–Trinajstić information content (AvgIpc) is 3.06. The quantitative estimate of drug-likeness (QED) is 0.419. The predicted octanol–water partition coefficient (Wildman–Crippen LogP) is 6.07. The second-order valence-electron chi connectivity index (χ2n) is 6.30. The first-order valence-corrected chi connectivity index (χ1v) is 11.6. The van der Waals surface area contributed by atoms with Crippen molar-refractivity contribution in [3.05, 3.63) is 69.0 Å². The molecule has 3 aromatic rings. The van der Waals surface area contributed by atoms with E-state index in [1.807, 2.05) is 50.2 Å². The monoisotopic (exact) mass is 479 g/mol. The molecule has 0 spiro atoms. The van der Waals surface area contributed by atoms with Crippen molar-refractivity contribution in [3.63, 3.8) is 0 Å². The number of thiophene rings is 1. The maximum Gasteiger partial charge on any atom is 0.348 e. The minimum absolute atomic E-state index is 0.0833. The fourth-order valence-electron chi connectivity index (χ4n) is 2.89. The molecule has 0 fully saturated rings. The van der Waals surface area contributed by atoms with Crippen molar-refractivity contribution in [1.29, 1.82) is 0 Å². The first kappa shape index (κ1) is 20.8. The summed E-state index contributed by atoms with van der Waals surface area (Å²) in [5.74, 6) is -1.08. The Hall–Kier alpha value is -1.92. The van der Waals surface area contributed by atoms with Crippen LogP contribution in [0.4, 0.5) is 5.69 Å². The van der Waals surface area contributed by atoms with Gasteiger partial charge in [0, 0.05) is 16.5 Å². The molecule has 3 rings (SSSR count). The minimum atomic E-state index is -3.50. The molecule has 2 N–H and O–H groups in total. The van der Waals surface area contributed by atoms with Gasteiger partial charge in [-0.3, -0.25) is 4.57 Å². The third-order valence-corrected chi connectivity index (χ3v) is 8.14. The van der Waals surface area contributed by atoms with Crippen LogP contribution in [-0.2, 0) is 9.09 Å². The third kappa shape index (κ3) is 4.23. The van der Waals surface area contributed by atoms with Crippen LogP contribution >= 0.6 is 34.8 Å². The predicted molar refractivity (Wildman–Crippen MR) is 118 cm³/mol. The average molecular weight is 480 g/mol. The first-order chi connectivity index (χ1) is 13.2. The van der Waals surface area contributed by atoms with Crippen molar-refractivity contribution in [2.45, 2.75) is 13.8 Å². The summed E-state index contributed by atoms with van der Waals surface area (Å²) in [6, 6.07) is 14.8. The van der Waals surface area contributed by atoms with Crippen LogP contribution in [0.3, 0.4) is 0 Å². The molecule has 0 aliphatic rings. The molecule has 0 radical (unpaired) electrons. The van der Waals surface area contributed by atoms with E-state index in [1.54, 1.807) is 12.1 Å². The largest absolute Gasteiger partial charge is 0.477 e. The van der Waals surface area contributed by atoms with E-state index in [0.717, 1.165) is 37.4 Å². The van der Waals surface area contributed by atoms with Crippen LogP contribution in [0.5, 0.6) is 0 Å².